The second-order valence-corrected chi connectivity index (χ2v) is 4.63. The maximum Gasteiger partial charge on any atom is 0.0257 e. The van der Waals surface area contributed by atoms with E-state index < -0.39 is 0 Å². The summed E-state index contributed by atoms with van der Waals surface area (Å²) < 4.78 is 0. The maximum absolute atomic E-state index is 5.76. The van der Waals surface area contributed by atoms with Gasteiger partial charge in [-0.1, -0.05) is 0 Å². The quantitative estimate of drug-likeness (QED) is 0.534. The molecule has 0 nitrogen and oxygen atoms in total. The van der Waals surface area contributed by atoms with E-state index in [1.165, 1.54) is 24.3 Å². The van der Waals surface area contributed by atoms with Gasteiger partial charge < -0.3 is 0 Å². The molecule has 0 N–H and O–H groups in total. The standard InChI is InChI=1S/C7H11ClS/c8-4-6-3-7(6)1-2-9-5-7/h6H,1-5H2. The summed E-state index contributed by atoms with van der Waals surface area (Å²) in [5, 5.41) is 0. The Morgan fingerprint density at radius 1 is 1.67 bits per heavy atom. The van der Waals surface area contributed by atoms with Crippen molar-refractivity contribution >= 4 is 23.4 Å². The second-order valence-electron chi connectivity index (χ2n) is 3.22. The van der Waals surface area contributed by atoms with E-state index in [9.17, 15) is 0 Å². The van der Waals surface area contributed by atoms with Crippen LogP contribution in [-0.2, 0) is 0 Å². The summed E-state index contributed by atoms with van der Waals surface area (Å²) in [5.41, 5.74) is 0.742. The number of thioether (sulfide) groups is 1. The first-order chi connectivity index (χ1) is 4.37. The lowest BCUT2D eigenvalue weighted by molar-refractivity contribution is 0.539. The SMILES string of the molecule is ClCC1CC12CCSC2. The molecule has 1 spiro atoms. The van der Waals surface area contributed by atoms with Crippen molar-refractivity contribution in [2.75, 3.05) is 17.4 Å². The minimum absolute atomic E-state index is 0.742. The van der Waals surface area contributed by atoms with E-state index in [1.54, 1.807) is 0 Å². The van der Waals surface area contributed by atoms with Crippen molar-refractivity contribution in [3.63, 3.8) is 0 Å². The normalized spacial score (nSPS) is 48.3. The lowest BCUT2D eigenvalue weighted by Crippen LogP contribution is -2.01. The zero-order chi connectivity index (χ0) is 6.32. The van der Waals surface area contributed by atoms with Gasteiger partial charge in [0, 0.05) is 5.88 Å². The molecule has 2 rings (SSSR count). The molecule has 2 unspecified atom stereocenters. The van der Waals surface area contributed by atoms with Crippen molar-refractivity contribution in [2.24, 2.45) is 11.3 Å². The van der Waals surface area contributed by atoms with Crippen LogP contribution in [0.15, 0.2) is 0 Å². The topological polar surface area (TPSA) is 0 Å². The van der Waals surface area contributed by atoms with Crippen LogP contribution in [0.4, 0.5) is 0 Å². The van der Waals surface area contributed by atoms with Crippen molar-refractivity contribution in [2.45, 2.75) is 12.8 Å². The third kappa shape index (κ3) is 0.894. The van der Waals surface area contributed by atoms with Gasteiger partial charge >= 0.3 is 0 Å². The molecule has 0 aromatic heterocycles. The molecule has 52 valence electrons. The number of halogens is 1. The molecular formula is C7H11ClS. The van der Waals surface area contributed by atoms with Crippen molar-refractivity contribution in [1.82, 2.24) is 0 Å². The van der Waals surface area contributed by atoms with Crippen molar-refractivity contribution < 1.29 is 0 Å². The Balaban J connectivity index is 1.97. The van der Waals surface area contributed by atoms with Crippen LogP contribution in [0.1, 0.15) is 12.8 Å². The summed E-state index contributed by atoms with van der Waals surface area (Å²) in [6.07, 6.45) is 2.86. The van der Waals surface area contributed by atoms with Gasteiger partial charge in [-0.15, -0.1) is 11.6 Å². The van der Waals surface area contributed by atoms with Crippen LogP contribution in [0.3, 0.4) is 0 Å². The van der Waals surface area contributed by atoms with Gasteiger partial charge in [0.25, 0.3) is 0 Å². The molecule has 2 atom stereocenters. The van der Waals surface area contributed by atoms with E-state index in [1.807, 2.05) is 0 Å². The summed E-state index contributed by atoms with van der Waals surface area (Å²) in [6, 6.07) is 0. The van der Waals surface area contributed by atoms with Crippen LogP contribution in [0.25, 0.3) is 0 Å². The Bertz CT molecular complexity index is 118. The fourth-order valence-electron chi connectivity index (χ4n) is 1.76. The Kier molecular flexibility index (Phi) is 1.46. The molecule has 1 aliphatic carbocycles. The molecule has 2 heteroatoms. The summed E-state index contributed by atoms with van der Waals surface area (Å²) in [5.74, 6) is 4.56. The van der Waals surface area contributed by atoms with E-state index in [0.717, 1.165) is 17.2 Å². The van der Waals surface area contributed by atoms with Crippen LogP contribution in [0.2, 0.25) is 0 Å². The molecule has 9 heavy (non-hydrogen) atoms. The lowest BCUT2D eigenvalue weighted by Gasteiger charge is -2.02. The molecule has 2 aliphatic rings. The van der Waals surface area contributed by atoms with Crippen LogP contribution in [0, 0.1) is 11.3 Å². The van der Waals surface area contributed by atoms with E-state index in [0.29, 0.717) is 0 Å². The zero-order valence-electron chi connectivity index (χ0n) is 5.40. The minimum Gasteiger partial charge on any atom is -0.161 e. The largest absolute Gasteiger partial charge is 0.161 e. The molecule has 1 aliphatic heterocycles. The van der Waals surface area contributed by atoms with E-state index in [2.05, 4.69) is 11.8 Å². The Labute approximate surface area is 65.3 Å². The highest BCUT2D eigenvalue weighted by atomic mass is 35.5. The minimum atomic E-state index is 0.742. The summed E-state index contributed by atoms with van der Waals surface area (Å²) in [7, 11) is 0. The highest BCUT2D eigenvalue weighted by molar-refractivity contribution is 7.99. The smallest absolute Gasteiger partial charge is 0.0257 e. The summed E-state index contributed by atoms with van der Waals surface area (Å²) in [4.78, 5) is 0. The molecule has 0 aromatic rings. The van der Waals surface area contributed by atoms with Gasteiger partial charge in [-0.05, 0) is 35.7 Å². The highest BCUT2D eigenvalue weighted by Gasteiger charge is 2.54. The zero-order valence-corrected chi connectivity index (χ0v) is 6.97. The molecule has 1 saturated carbocycles. The number of hydrogen-bond acceptors (Lipinski definition) is 1. The van der Waals surface area contributed by atoms with Crippen LogP contribution < -0.4 is 0 Å². The molecule has 0 aromatic carbocycles. The van der Waals surface area contributed by atoms with Gasteiger partial charge in [-0.3, -0.25) is 0 Å². The van der Waals surface area contributed by atoms with Gasteiger partial charge in [0.2, 0.25) is 0 Å². The molecule has 0 amide bonds. The van der Waals surface area contributed by atoms with Crippen molar-refractivity contribution in [1.29, 1.82) is 0 Å². The molecule has 1 heterocycles. The fourth-order valence-corrected chi connectivity index (χ4v) is 3.79. The predicted octanol–water partition coefficient (Wildman–Crippen LogP) is 2.37. The van der Waals surface area contributed by atoms with Gasteiger partial charge in [0.15, 0.2) is 0 Å². The van der Waals surface area contributed by atoms with Crippen LogP contribution >= 0.6 is 23.4 Å². The third-order valence-corrected chi connectivity index (χ3v) is 4.32. The monoisotopic (exact) mass is 162 g/mol. The highest BCUT2D eigenvalue weighted by Crippen LogP contribution is 2.61. The molecular weight excluding hydrogens is 152 g/mol. The first-order valence-corrected chi connectivity index (χ1v) is 5.20. The Hall–Kier alpha value is 0.640. The van der Waals surface area contributed by atoms with Crippen LogP contribution in [-0.4, -0.2) is 17.4 Å². The fraction of sp³-hybridized carbons (Fsp3) is 1.00. The Morgan fingerprint density at radius 3 is 3.00 bits per heavy atom. The Morgan fingerprint density at radius 2 is 2.56 bits per heavy atom. The van der Waals surface area contributed by atoms with Crippen molar-refractivity contribution in [3.8, 4) is 0 Å². The molecule has 2 fully saturated rings. The number of alkyl halides is 1. The first kappa shape index (κ1) is 6.36. The molecule has 0 radical (unpaired) electrons. The van der Waals surface area contributed by atoms with Gasteiger partial charge in [-0.25, -0.2) is 0 Å². The van der Waals surface area contributed by atoms with E-state index >= 15 is 0 Å². The van der Waals surface area contributed by atoms with E-state index in [4.69, 9.17) is 11.6 Å². The maximum atomic E-state index is 5.76. The average Bonchev–Trinajstić information content (AvgIpc) is 2.30. The summed E-state index contributed by atoms with van der Waals surface area (Å²) >= 11 is 7.86. The van der Waals surface area contributed by atoms with Gasteiger partial charge in [-0.2, -0.15) is 11.8 Å². The molecule has 0 bridgehead atoms. The number of rotatable bonds is 1. The van der Waals surface area contributed by atoms with Gasteiger partial charge in [0.1, 0.15) is 0 Å². The molecule has 1 saturated heterocycles. The van der Waals surface area contributed by atoms with Crippen molar-refractivity contribution in [3.05, 3.63) is 0 Å². The van der Waals surface area contributed by atoms with Crippen LogP contribution in [0.5, 0.6) is 0 Å². The first-order valence-electron chi connectivity index (χ1n) is 3.51. The lowest BCUT2D eigenvalue weighted by atomic mass is 10.0. The van der Waals surface area contributed by atoms with Gasteiger partial charge in [0.05, 0.1) is 0 Å². The second kappa shape index (κ2) is 2.06. The average molecular weight is 163 g/mol. The summed E-state index contributed by atoms with van der Waals surface area (Å²) in [6.45, 7) is 0. The third-order valence-electron chi connectivity index (χ3n) is 2.68. The van der Waals surface area contributed by atoms with E-state index in [-0.39, 0.29) is 0 Å². The number of hydrogen-bond donors (Lipinski definition) is 0. The predicted molar refractivity (Wildman–Crippen MR) is 43.2 cm³/mol.